The van der Waals surface area contributed by atoms with E-state index in [0.717, 1.165) is 61.2 Å². The van der Waals surface area contributed by atoms with Gasteiger partial charge in [-0.15, -0.1) is 29.9 Å². The highest BCUT2D eigenvalue weighted by atomic mass is 35.5. The van der Waals surface area contributed by atoms with E-state index in [1.54, 1.807) is 0 Å². The maximum Gasteiger partial charge on any atom is 0.234 e. The van der Waals surface area contributed by atoms with Crippen molar-refractivity contribution in [1.82, 2.24) is 15.1 Å². The van der Waals surface area contributed by atoms with Gasteiger partial charge in [-0.1, -0.05) is 31.9 Å². The average Bonchev–Trinajstić information content (AvgIpc) is 2.81. The number of ether oxygens (including phenoxy) is 2. The van der Waals surface area contributed by atoms with E-state index < -0.39 is 12.3 Å². The van der Waals surface area contributed by atoms with Crippen molar-refractivity contribution in [1.29, 1.82) is 0 Å². The number of alkyl halides is 1. The lowest BCUT2D eigenvalue weighted by Crippen LogP contribution is -2.45. The number of rotatable bonds is 8. The van der Waals surface area contributed by atoms with Crippen molar-refractivity contribution in [2.45, 2.75) is 83.1 Å². The van der Waals surface area contributed by atoms with Gasteiger partial charge < -0.3 is 14.4 Å². The van der Waals surface area contributed by atoms with Gasteiger partial charge in [0.15, 0.2) is 0 Å². The molecular weight excluding hydrogens is 476 g/mol. The van der Waals surface area contributed by atoms with Crippen LogP contribution in [-0.2, 0) is 6.42 Å². The van der Waals surface area contributed by atoms with Gasteiger partial charge in [0.1, 0.15) is 18.0 Å². The zero-order chi connectivity index (χ0) is 22.3. The van der Waals surface area contributed by atoms with E-state index in [1.807, 2.05) is 30.1 Å². The molecule has 1 aliphatic carbocycles. The summed E-state index contributed by atoms with van der Waals surface area (Å²) in [5.41, 5.74) is 3.03. The van der Waals surface area contributed by atoms with Crippen molar-refractivity contribution in [3.05, 3.63) is 36.0 Å². The third kappa shape index (κ3) is 7.69. The van der Waals surface area contributed by atoms with Gasteiger partial charge in [-0.2, -0.15) is 5.10 Å². The van der Waals surface area contributed by atoms with Crippen molar-refractivity contribution >= 4 is 24.8 Å². The molecule has 1 aliphatic heterocycles. The summed E-state index contributed by atoms with van der Waals surface area (Å²) in [7, 11) is 1.94. The summed E-state index contributed by atoms with van der Waals surface area (Å²) >= 11 is 0. The molecule has 0 unspecified atom stereocenters. The zero-order valence-electron chi connectivity index (χ0n) is 20.2. The Morgan fingerprint density at radius 2 is 1.74 bits per heavy atom. The molecule has 2 aliphatic rings. The van der Waals surface area contributed by atoms with Crippen LogP contribution in [0.15, 0.2) is 30.3 Å². The number of halogens is 3. The van der Waals surface area contributed by atoms with Crippen LogP contribution in [0.2, 0.25) is 0 Å². The molecule has 4 rings (SSSR count). The van der Waals surface area contributed by atoms with Crippen molar-refractivity contribution in [3.63, 3.8) is 0 Å². The molecule has 0 amide bonds. The number of nitrogens with zero attached hydrogens (tertiary/aromatic N) is 3. The van der Waals surface area contributed by atoms with Gasteiger partial charge in [-0.25, -0.2) is 4.39 Å². The summed E-state index contributed by atoms with van der Waals surface area (Å²) in [6, 6.07) is 10.2. The summed E-state index contributed by atoms with van der Waals surface area (Å²) in [4.78, 5) is 1.99. The van der Waals surface area contributed by atoms with Crippen LogP contribution in [0, 0.1) is 0 Å². The fourth-order valence-corrected chi connectivity index (χ4v) is 4.65. The molecule has 0 bridgehead atoms. The Morgan fingerprint density at radius 3 is 2.41 bits per heavy atom. The predicted molar refractivity (Wildman–Crippen MR) is 140 cm³/mol. The molecule has 2 aromatic rings. The summed E-state index contributed by atoms with van der Waals surface area (Å²) in [6.45, 7) is 3.38. The predicted octanol–water partition coefficient (Wildman–Crippen LogP) is 6.46. The molecule has 1 saturated carbocycles. The van der Waals surface area contributed by atoms with Crippen molar-refractivity contribution < 1.29 is 13.9 Å². The maximum atomic E-state index is 14.5. The van der Waals surface area contributed by atoms with Crippen LogP contribution >= 0.6 is 24.8 Å². The SMILES string of the molecule is CCCCc1nnc(O[C@@H]2CCN(C)C[C@H]2F)cc1-c1ccc(OC2CCCCC2)cc1.Cl.Cl. The second-order valence-electron chi connectivity index (χ2n) is 9.27. The highest BCUT2D eigenvalue weighted by Gasteiger charge is 2.30. The topological polar surface area (TPSA) is 47.5 Å². The van der Waals surface area contributed by atoms with Crippen molar-refractivity contribution in [2.75, 3.05) is 20.1 Å². The third-order valence-electron chi connectivity index (χ3n) is 6.59. The number of piperidine rings is 1. The number of hydrogen-bond donors (Lipinski definition) is 0. The molecule has 8 heteroatoms. The first-order chi connectivity index (χ1) is 15.6. The number of aromatic nitrogens is 2. The van der Waals surface area contributed by atoms with Crippen LogP contribution in [0.25, 0.3) is 11.1 Å². The van der Waals surface area contributed by atoms with E-state index in [0.29, 0.717) is 24.9 Å². The van der Waals surface area contributed by atoms with Crippen LogP contribution in [-0.4, -0.2) is 53.6 Å². The molecule has 0 spiro atoms. The number of hydrogen-bond acceptors (Lipinski definition) is 5. The van der Waals surface area contributed by atoms with E-state index in [-0.39, 0.29) is 24.8 Å². The summed E-state index contributed by atoms with van der Waals surface area (Å²) in [5, 5.41) is 8.76. The van der Waals surface area contributed by atoms with Gasteiger partial charge in [0.05, 0.1) is 11.8 Å². The minimum atomic E-state index is -1.02. The molecule has 2 atom stereocenters. The summed E-state index contributed by atoms with van der Waals surface area (Å²) in [6.07, 6.45) is 8.61. The van der Waals surface area contributed by atoms with Gasteiger partial charge >= 0.3 is 0 Å². The Hall–Kier alpha value is -1.63. The molecule has 0 radical (unpaired) electrons. The maximum absolute atomic E-state index is 14.5. The Labute approximate surface area is 215 Å². The molecule has 2 heterocycles. The number of aryl methyl sites for hydroxylation is 1. The van der Waals surface area contributed by atoms with Gasteiger partial charge in [-0.05, 0) is 69.7 Å². The molecular formula is C26H38Cl2FN3O2. The van der Waals surface area contributed by atoms with Crippen LogP contribution in [0.3, 0.4) is 0 Å². The molecule has 34 heavy (non-hydrogen) atoms. The van der Waals surface area contributed by atoms with Gasteiger partial charge in [-0.3, -0.25) is 0 Å². The standard InChI is InChI=1S/C26H36FN3O2.2ClH/c1-3-4-10-24-22(17-26(29-28-24)32-25-15-16-30(2)18-23(25)27)19-11-13-21(14-12-19)31-20-8-6-5-7-9-20;;/h11-14,17,20,23,25H,3-10,15-16,18H2,1-2H3;2*1H/t23-,25-;;/m1../s1. The first kappa shape index (κ1) is 28.6. The number of likely N-dealkylation sites (tertiary alicyclic amines) is 1. The van der Waals surface area contributed by atoms with Crippen LogP contribution in [0.5, 0.6) is 11.6 Å². The Morgan fingerprint density at radius 1 is 1.00 bits per heavy atom. The molecule has 0 N–H and O–H groups in total. The van der Waals surface area contributed by atoms with E-state index in [2.05, 4.69) is 29.3 Å². The lowest BCUT2D eigenvalue weighted by molar-refractivity contribution is 0.0281. The summed E-state index contributed by atoms with van der Waals surface area (Å²) < 4.78 is 26.6. The normalized spacial score (nSPS) is 21.3. The van der Waals surface area contributed by atoms with Crippen LogP contribution < -0.4 is 9.47 Å². The zero-order valence-corrected chi connectivity index (χ0v) is 21.9. The molecule has 190 valence electrons. The largest absolute Gasteiger partial charge is 0.490 e. The highest BCUT2D eigenvalue weighted by molar-refractivity contribution is 5.85. The lowest BCUT2D eigenvalue weighted by Gasteiger charge is -2.32. The van der Waals surface area contributed by atoms with Gasteiger partial charge in [0, 0.05) is 24.7 Å². The van der Waals surface area contributed by atoms with E-state index >= 15 is 0 Å². The minimum absolute atomic E-state index is 0. The fraction of sp³-hybridized carbons (Fsp3) is 0.615. The second-order valence-corrected chi connectivity index (χ2v) is 9.27. The fourth-order valence-electron chi connectivity index (χ4n) is 4.65. The Kier molecular flexibility index (Phi) is 11.8. The molecule has 1 aromatic carbocycles. The molecule has 1 saturated heterocycles. The first-order valence-corrected chi connectivity index (χ1v) is 12.3. The summed E-state index contributed by atoms with van der Waals surface area (Å²) in [5.74, 6) is 1.32. The van der Waals surface area contributed by atoms with Crippen molar-refractivity contribution in [3.8, 4) is 22.8 Å². The Bertz CT molecular complexity index is 866. The molecule has 2 fully saturated rings. The van der Waals surface area contributed by atoms with Gasteiger partial charge in [0.2, 0.25) is 5.88 Å². The highest BCUT2D eigenvalue weighted by Crippen LogP contribution is 2.30. The van der Waals surface area contributed by atoms with Gasteiger partial charge in [0.25, 0.3) is 0 Å². The Balaban J connectivity index is 0.00000204. The number of unbranched alkanes of at least 4 members (excludes halogenated alkanes) is 1. The van der Waals surface area contributed by atoms with Crippen LogP contribution in [0.4, 0.5) is 4.39 Å². The van der Waals surface area contributed by atoms with E-state index in [4.69, 9.17) is 9.47 Å². The first-order valence-electron chi connectivity index (χ1n) is 12.3. The quantitative estimate of drug-likeness (QED) is 0.405. The third-order valence-corrected chi connectivity index (χ3v) is 6.59. The van der Waals surface area contributed by atoms with E-state index in [1.165, 1.54) is 19.3 Å². The van der Waals surface area contributed by atoms with Crippen LogP contribution in [0.1, 0.15) is 64.0 Å². The monoisotopic (exact) mass is 513 g/mol. The van der Waals surface area contributed by atoms with E-state index in [9.17, 15) is 4.39 Å². The molecule has 5 nitrogen and oxygen atoms in total. The lowest BCUT2D eigenvalue weighted by atomic mass is 9.97. The minimum Gasteiger partial charge on any atom is -0.490 e. The smallest absolute Gasteiger partial charge is 0.234 e. The average molecular weight is 515 g/mol. The van der Waals surface area contributed by atoms with Crippen molar-refractivity contribution in [2.24, 2.45) is 0 Å². The molecule has 1 aromatic heterocycles. The second kappa shape index (κ2) is 14.1. The number of benzene rings is 1.